The third-order valence-corrected chi connectivity index (χ3v) is 3.69. The highest BCUT2D eigenvalue weighted by Gasteiger charge is 2.21. The molecular weight excluding hydrogens is 382 g/mol. The summed E-state index contributed by atoms with van der Waals surface area (Å²) in [6, 6.07) is 3.49. The molecule has 0 amide bonds. The zero-order chi connectivity index (χ0) is 22.0. The van der Waals surface area contributed by atoms with Crippen LogP contribution in [0.1, 0.15) is 46.1 Å². The fourth-order valence-electron chi connectivity index (χ4n) is 2.47. The summed E-state index contributed by atoms with van der Waals surface area (Å²) in [4.78, 5) is 45.6. The van der Waals surface area contributed by atoms with Gasteiger partial charge in [-0.2, -0.15) is 0 Å². The molecule has 1 unspecified atom stereocenters. The molecule has 0 fully saturated rings. The highest BCUT2D eigenvalue weighted by molar-refractivity contribution is 5.75. The molecule has 1 aromatic rings. The predicted octanol–water partition coefficient (Wildman–Crippen LogP) is 1.85. The van der Waals surface area contributed by atoms with Gasteiger partial charge in [-0.15, -0.1) is 0 Å². The number of carbonyl (C=O) groups excluding carboxylic acids is 3. The number of hydrogen-bond acceptors (Lipinski definition) is 8. The van der Waals surface area contributed by atoms with Crippen LogP contribution < -0.4 is 14.8 Å². The van der Waals surface area contributed by atoms with Gasteiger partial charge in [-0.25, -0.2) is 0 Å². The molecule has 0 radical (unpaired) electrons. The Morgan fingerprint density at radius 2 is 1.69 bits per heavy atom. The third-order valence-electron chi connectivity index (χ3n) is 3.69. The van der Waals surface area contributed by atoms with Crippen LogP contribution in [0.25, 0.3) is 0 Å². The van der Waals surface area contributed by atoms with Crippen LogP contribution in [0, 0.1) is 0 Å². The van der Waals surface area contributed by atoms with Crippen LogP contribution in [0.4, 0.5) is 0 Å². The molecule has 9 heteroatoms. The highest BCUT2D eigenvalue weighted by Crippen LogP contribution is 2.29. The number of aliphatic carboxylic acids is 1. The van der Waals surface area contributed by atoms with Gasteiger partial charge in [0.15, 0.2) is 11.5 Å². The number of esters is 3. The molecule has 1 rings (SSSR count). The summed E-state index contributed by atoms with van der Waals surface area (Å²) in [5.74, 6) is -2.52. The highest BCUT2D eigenvalue weighted by atomic mass is 16.6. The lowest BCUT2D eigenvalue weighted by Gasteiger charge is -2.19. The lowest BCUT2D eigenvalue weighted by molar-refractivity contribution is -0.148. The number of benzene rings is 1. The maximum Gasteiger partial charge on any atom is 0.321 e. The molecule has 0 aliphatic carbocycles. The molecule has 0 aliphatic heterocycles. The van der Waals surface area contributed by atoms with E-state index in [1.807, 2.05) is 6.92 Å². The average molecular weight is 409 g/mol. The van der Waals surface area contributed by atoms with Crippen molar-refractivity contribution < 1.29 is 38.5 Å². The lowest BCUT2D eigenvalue weighted by atomic mass is 10.0. The van der Waals surface area contributed by atoms with Gasteiger partial charge in [0.05, 0.1) is 0 Å². The monoisotopic (exact) mass is 409 g/mol. The first-order valence-corrected chi connectivity index (χ1v) is 9.27. The van der Waals surface area contributed by atoms with E-state index in [0.717, 1.165) is 0 Å². The first kappa shape index (κ1) is 24.1. The third kappa shape index (κ3) is 9.20. The number of rotatable bonds is 11. The Morgan fingerprint density at radius 3 is 2.24 bits per heavy atom. The van der Waals surface area contributed by atoms with Gasteiger partial charge < -0.3 is 24.6 Å². The molecule has 0 saturated carbocycles. The van der Waals surface area contributed by atoms with E-state index < -0.39 is 30.1 Å². The van der Waals surface area contributed by atoms with Crippen LogP contribution in [0.15, 0.2) is 18.2 Å². The summed E-state index contributed by atoms with van der Waals surface area (Å²) in [7, 11) is 0. The molecule has 0 aliphatic rings. The van der Waals surface area contributed by atoms with Crippen molar-refractivity contribution in [2.45, 2.75) is 59.1 Å². The SMILES string of the molecule is CCCC(=O)OC(C)CN[C@@H](Cc1ccc(OC(C)=O)c(OC(C)=O)c1)C(=O)O. The topological polar surface area (TPSA) is 128 Å². The van der Waals surface area contributed by atoms with E-state index in [0.29, 0.717) is 18.4 Å². The second-order valence-corrected chi connectivity index (χ2v) is 6.52. The molecule has 0 saturated heterocycles. The minimum Gasteiger partial charge on any atom is -0.480 e. The fourth-order valence-corrected chi connectivity index (χ4v) is 2.47. The molecule has 0 aromatic heterocycles. The van der Waals surface area contributed by atoms with Gasteiger partial charge in [-0.3, -0.25) is 19.2 Å². The number of hydrogen-bond donors (Lipinski definition) is 2. The number of carbonyl (C=O) groups is 4. The average Bonchev–Trinajstić information content (AvgIpc) is 2.59. The number of nitrogens with one attached hydrogen (secondary N) is 1. The van der Waals surface area contributed by atoms with Crippen LogP contribution in [0.2, 0.25) is 0 Å². The van der Waals surface area contributed by atoms with Crippen molar-refractivity contribution >= 4 is 23.9 Å². The largest absolute Gasteiger partial charge is 0.480 e. The van der Waals surface area contributed by atoms with Crippen molar-refractivity contribution in [2.75, 3.05) is 6.54 Å². The van der Waals surface area contributed by atoms with E-state index in [1.165, 1.54) is 26.0 Å². The Kier molecular flexibility index (Phi) is 9.81. The quantitative estimate of drug-likeness (QED) is 0.415. The van der Waals surface area contributed by atoms with E-state index in [-0.39, 0.29) is 30.4 Å². The molecule has 9 nitrogen and oxygen atoms in total. The van der Waals surface area contributed by atoms with E-state index in [4.69, 9.17) is 14.2 Å². The van der Waals surface area contributed by atoms with Gasteiger partial charge in [-0.1, -0.05) is 13.0 Å². The smallest absolute Gasteiger partial charge is 0.321 e. The zero-order valence-corrected chi connectivity index (χ0v) is 17.0. The van der Waals surface area contributed by atoms with E-state index in [1.54, 1.807) is 13.0 Å². The Balaban J connectivity index is 2.84. The van der Waals surface area contributed by atoms with Crippen molar-refractivity contribution in [1.29, 1.82) is 0 Å². The van der Waals surface area contributed by atoms with Crippen LogP contribution >= 0.6 is 0 Å². The normalized spacial score (nSPS) is 12.6. The molecule has 0 heterocycles. The maximum atomic E-state index is 11.6. The van der Waals surface area contributed by atoms with E-state index >= 15 is 0 Å². The standard InChI is InChI=1S/C20H27NO8/c1-5-6-19(24)27-12(2)11-21-16(20(25)26)9-15-7-8-17(28-13(3)22)18(10-15)29-14(4)23/h7-8,10,12,16,21H,5-6,9,11H2,1-4H3,(H,25,26)/t12?,16-/m0/s1. The van der Waals surface area contributed by atoms with Crippen molar-refractivity contribution in [3.63, 3.8) is 0 Å². The summed E-state index contributed by atoms with van der Waals surface area (Å²) >= 11 is 0. The lowest BCUT2D eigenvalue weighted by Crippen LogP contribution is -2.42. The van der Waals surface area contributed by atoms with Gasteiger partial charge in [0, 0.05) is 26.8 Å². The number of ether oxygens (including phenoxy) is 3. The molecule has 160 valence electrons. The molecular formula is C20H27NO8. The van der Waals surface area contributed by atoms with Crippen LogP contribution in [-0.4, -0.2) is 47.7 Å². The van der Waals surface area contributed by atoms with Crippen LogP contribution in [0.3, 0.4) is 0 Å². The van der Waals surface area contributed by atoms with Crippen LogP contribution in [0.5, 0.6) is 11.5 Å². The summed E-state index contributed by atoms with van der Waals surface area (Å²) in [6.45, 7) is 6.11. The summed E-state index contributed by atoms with van der Waals surface area (Å²) < 4.78 is 15.2. The van der Waals surface area contributed by atoms with Gasteiger partial charge in [0.25, 0.3) is 0 Å². The fraction of sp³-hybridized carbons (Fsp3) is 0.500. The predicted molar refractivity (Wildman–Crippen MR) is 103 cm³/mol. The van der Waals surface area contributed by atoms with Gasteiger partial charge in [-0.05, 0) is 37.5 Å². The molecule has 0 spiro atoms. The van der Waals surface area contributed by atoms with Gasteiger partial charge >= 0.3 is 23.9 Å². The molecule has 2 N–H and O–H groups in total. The maximum absolute atomic E-state index is 11.6. The van der Waals surface area contributed by atoms with Crippen molar-refractivity contribution in [1.82, 2.24) is 5.32 Å². The summed E-state index contributed by atoms with van der Waals surface area (Å²) in [6.07, 6.45) is 0.559. The second kappa shape index (κ2) is 11.8. The first-order valence-electron chi connectivity index (χ1n) is 9.27. The summed E-state index contributed by atoms with van der Waals surface area (Å²) in [5.41, 5.74) is 0.549. The van der Waals surface area contributed by atoms with Crippen molar-refractivity contribution in [3.8, 4) is 11.5 Å². The summed E-state index contributed by atoms with van der Waals surface area (Å²) in [5, 5.41) is 12.3. The van der Waals surface area contributed by atoms with Gasteiger partial charge in [0.1, 0.15) is 12.1 Å². The second-order valence-electron chi connectivity index (χ2n) is 6.52. The molecule has 2 atom stereocenters. The van der Waals surface area contributed by atoms with Crippen LogP contribution in [-0.2, 0) is 30.3 Å². The van der Waals surface area contributed by atoms with Gasteiger partial charge in [0.2, 0.25) is 0 Å². The Bertz CT molecular complexity index is 746. The van der Waals surface area contributed by atoms with Crippen molar-refractivity contribution in [2.24, 2.45) is 0 Å². The minimum atomic E-state index is -1.09. The number of carboxylic acid groups (broad SMARTS) is 1. The Labute approximate surface area is 169 Å². The molecule has 1 aromatic carbocycles. The first-order chi connectivity index (χ1) is 13.6. The minimum absolute atomic E-state index is 0.0243. The Hall–Kier alpha value is -2.94. The van der Waals surface area contributed by atoms with E-state index in [2.05, 4.69) is 5.32 Å². The number of carboxylic acids is 1. The zero-order valence-electron chi connectivity index (χ0n) is 17.0. The van der Waals surface area contributed by atoms with Crippen molar-refractivity contribution in [3.05, 3.63) is 23.8 Å². The van der Waals surface area contributed by atoms with E-state index in [9.17, 15) is 24.3 Å². The molecule has 29 heavy (non-hydrogen) atoms. The Morgan fingerprint density at radius 1 is 1.07 bits per heavy atom. The molecule has 0 bridgehead atoms.